The first-order valence-electron chi connectivity index (χ1n) is 5.11. The largest absolute Gasteiger partial charge is 0.391 e. The molecule has 0 saturated carbocycles. The van der Waals surface area contributed by atoms with Crippen LogP contribution in [-0.4, -0.2) is 35.1 Å². The first kappa shape index (κ1) is 12.3. The van der Waals surface area contributed by atoms with Crippen molar-refractivity contribution in [3.8, 4) is 0 Å². The van der Waals surface area contributed by atoms with Gasteiger partial charge in [0.1, 0.15) is 0 Å². The number of aliphatic hydroxyl groups excluding tert-OH is 1. The third kappa shape index (κ3) is 2.40. The summed E-state index contributed by atoms with van der Waals surface area (Å²) in [6.07, 6.45) is -0.0874. The Balaban J connectivity index is 2.28. The van der Waals surface area contributed by atoms with Gasteiger partial charge < -0.3 is 10.0 Å². The van der Waals surface area contributed by atoms with E-state index in [0.717, 1.165) is 12.1 Å². The number of benzene rings is 1. The van der Waals surface area contributed by atoms with Gasteiger partial charge in [0.15, 0.2) is 11.6 Å². The van der Waals surface area contributed by atoms with Crippen LogP contribution in [0.3, 0.4) is 0 Å². The molecule has 6 heteroatoms. The summed E-state index contributed by atoms with van der Waals surface area (Å²) in [5, 5.41) is 9.17. The lowest BCUT2D eigenvalue weighted by Gasteiger charge is -2.16. The Kier molecular flexibility index (Phi) is 3.31. The Morgan fingerprint density at radius 1 is 1.41 bits per heavy atom. The van der Waals surface area contributed by atoms with Crippen LogP contribution in [0.4, 0.5) is 8.78 Å². The van der Waals surface area contributed by atoms with Crippen LogP contribution in [0.25, 0.3) is 0 Å². The second kappa shape index (κ2) is 4.58. The number of hydrogen-bond donors (Lipinski definition) is 1. The fourth-order valence-electron chi connectivity index (χ4n) is 1.78. The third-order valence-electron chi connectivity index (χ3n) is 2.69. The van der Waals surface area contributed by atoms with Gasteiger partial charge in [-0.3, -0.25) is 4.79 Å². The van der Waals surface area contributed by atoms with E-state index in [1.54, 1.807) is 0 Å². The first-order valence-corrected chi connectivity index (χ1v) is 5.48. The highest BCUT2D eigenvalue weighted by molar-refractivity contribution is 6.33. The Morgan fingerprint density at radius 3 is 2.65 bits per heavy atom. The van der Waals surface area contributed by atoms with Crippen LogP contribution in [0, 0.1) is 11.6 Å². The van der Waals surface area contributed by atoms with E-state index in [2.05, 4.69) is 0 Å². The van der Waals surface area contributed by atoms with Crippen molar-refractivity contribution in [3.05, 3.63) is 34.4 Å². The smallest absolute Gasteiger partial charge is 0.255 e. The molecule has 1 heterocycles. The van der Waals surface area contributed by atoms with E-state index < -0.39 is 23.6 Å². The minimum absolute atomic E-state index is 0.0836. The van der Waals surface area contributed by atoms with E-state index in [4.69, 9.17) is 11.6 Å². The number of likely N-dealkylation sites (tertiary alicyclic amines) is 1. The number of aliphatic hydroxyl groups is 1. The molecule has 1 saturated heterocycles. The highest BCUT2D eigenvalue weighted by atomic mass is 35.5. The summed E-state index contributed by atoms with van der Waals surface area (Å²) >= 11 is 5.69. The molecule has 2 rings (SSSR count). The van der Waals surface area contributed by atoms with E-state index in [1.165, 1.54) is 4.90 Å². The van der Waals surface area contributed by atoms with Crippen molar-refractivity contribution in [1.29, 1.82) is 0 Å². The Hall–Kier alpha value is -1.20. The molecule has 0 aliphatic carbocycles. The normalized spacial score (nSPS) is 19.8. The zero-order valence-corrected chi connectivity index (χ0v) is 9.55. The first-order chi connectivity index (χ1) is 7.99. The number of halogens is 3. The van der Waals surface area contributed by atoms with Crippen LogP contribution in [0.5, 0.6) is 0 Å². The molecule has 1 atom stereocenters. The lowest BCUT2D eigenvalue weighted by Crippen LogP contribution is -2.29. The van der Waals surface area contributed by atoms with Gasteiger partial charge in [-0.2, -0.15) is 0 Å². The average molecular weight is 262 g/mol. The summed E-state index contributed by atoms with van der Waals surface area (Å²) in [6.45, 7) is 0.573. The van der Waals surface area contributed by atoms with Gasteiger partial charge in [-0.25, -0.2) is 8.78 Å². The molecule has 1 aliphatic rings. The minimum atomic E-state index is -1.11. The zero-order chi connectivity index (χ0) is 12.6. The van der Waals surface area contributed by atoms with Crippen molar-refractivity contribution in [2.75, 3.05) is 13.1 Å². The zero-order valence-electron chi connectivity index (χ0n) is 8.79. The lowest BCUT2D eigenvalue weighted by molar-refractivity contribution is 0.0764. The van der Waals surface area contributed by atoms with Crippen LogP contribution in [0.15, 0.2) is 12.1 Å². The quantitative estimate of drug-likeness (QED) is 0.784. The van der Waals surface area contributed by atoms with Crippen molar-refractivity contribution in [3.63, 3.8) is 0 Å². The highest BCUT2D eigenvalue weighted by Crippen LogP contribution is 2.23. The van der Waals surface area contributed by atoms with E-state index in [-0.39, 0.29) is 17.1 Å². The molecular weight excluding hydrogens is 252 g/mol. The molecule has 1 aromatic rings. The highest BCUT2D eigenvalue weighted by Gasteiger charge is 2.27. The molecule has 1 unspecified atom stereocenters. The second-order valence-corrected chi connectivity index (χ2v) is 4.35. The summed E-state index contributed by atoms with van der Waals surface area (Å²) in [5.74, 6) is -2.70. The Labute approximate surface area is 102 Å². The van der Waals surface area contributed by atoms with Crippen LogP contribution in [-0.2, 0) is 0 Å². The van der Waals surface area contributed by atoms with Gasteiger partial charge in [-0.05, 0) is 18.6 Å². The average Bonchev–Trinajstić information content (AvgIpc) is 2.69. The molecule has 0 spiro atoms. The molecule has 1 N–H and O–H groups in total. The molecule has 0 bridgehead atoms. The molecule has 0 radical (unpaired) electrons. The van der Waals surface area contributed by atoms with Gasteiger partial charge in [0.2, 0.25) is 0 Å². The van der Waals surface area contributed by atoms with Crippen molar-refractivity contribution < 1.29 is 18.7 Å². The van der Waals surface area contributed by atoms with Crippen molar-refractivity contribution >= 4 is 17.5 Å². The SMILES string of the molecule is O=C(c1cc(F)c(F)cc1Cl)N1CCC(O)C1. The Bertz CT molecular complexity index is 467. The maximum Gasteiger partial charge on any atom is 0.255 e. The molecule has 1 amide bonds. The van der Waals surface area contributed by atoms with Gasteiger partial charge in [0.25, 0.3) is 5.91 Å². The standard InChI is InChI=1S/C11H10ClF2NO2/c12-8-4-10(14)9(13)3-7(8)11(17)15-2-1-6(16)5-15/h3-4,6,16H,1-2,5H2. The summed E-state index contributed by atoms with van der Waals surface area (Å²) < 4.78 is 25.9. The number of carbonyl (C=O) groups is 1. The van der Waals surface area contributed by atoms with Crippen molar-refractivity contribution in [1.82, 2.24) is 4.90 Å². The number of amides is 1. The van der Waals surface area contributed by atoms with Crippen LogP contribution in [0.1, 0.15) is 16.8 Å². The van der Waals surface area contributed by atoms with E-state index >= 15 is 0 Å². The maximum absolute atomic E-state index is 13.0. The molecule has 1 aromatic carbocycles. The minimum Gasteiger partial charge on any atom is -0.391 e. The predicted octanol–water partition coefficient (Wildman–Crippen LogP) is 1.82. The molecule has 3 nitrogen and oxygen atoms in total. The monoisotopic (exact) mass is 261 g/mol. The maximum atomic E-state index is 13.0. The summed E-state index contributed by atoms with van der Waals surface area (Å²) in [7, 11) is 0. The predicted molar refractivity (Wildman–Crippen MR) is 57.9 cm³/mol. The van der Waals surface area contributed by atoms with Gasteiger partial charge in [-0.1, -0.05) is 11.6 Å². The molecule has 17 heavy (non-hydrogen) atoms. The summed E-state index contributed by atoms with van der Waals surface area (Å²) in [4.78, 5) is 13.3. The number of β-amino-alcohol motifs (C(OH)–C–C–N with tert-alkyl or cyclic N) is 1. The van der Waals surface area contributed by atoms with Gasteiger partial charge >= 0.3 is 0 Å². The summed E-state index contributed by atoms with van der Waals surface area (Å²) in [5.41, 5.74) is -0.0836. The number of rotatable bonds is 1. The van der Waals surface area contributed by atoms with E-state index in [0.29, 0.717) is 13.0 Å². The Morgan fingerprint density at radius 2 is 2.06 bits per heavy atom. The fraction of sp³-hybridized carbons (Fsp3) is 0.364. The number of carbonyl (C=O) groups excluding carboxylic acids is 1. The van der Waals surface area contributed by atoms with Crippen LogP contribution >= 0.6 is 11.6 Å². The van der Waals surface area contributed by atoms with E-state index in [9.17, 15) is 18.7 Å². The molecular formula is C11H10ClF2NO2. The van der Waals surface area contributed by atoms with Crippen molar-refractivity contribution in [2.24, 2.45) is 0 Å². The lowest BCUT2D eigenvalue weighted by atomic mass is 10.2. The number of nitrogens with zero attached hydrogens (tertiary/aromatic N) is 1. The van der Waals surface area contributed by atoms with Crippen LogP contribution in [0.2, 0.25) is 5.02 Å². The van der Waals surface area contributed by atoms with Gasteiger partial charge in [0, 0.05) is 13.1 Å². The second-order valence-electron chi connectivity index (χ2n) is 3.94. The molecule has 0 aromatic heterocycles. The van der Waals surface area contributed by atoms with Crippen LogP contribution < -0.4 is 0 Å². The summed E-state index contributed by atoms with van der Waals surface area (Å²) in [6, 6.07) is 1.56. The van der Waals surface area contributed by atoms with Crippen molar-refractivity contribution in [2.45, 2.75) is 12.5 Å². The fourth-order valence-corrected chi connectivity index (χ4v) is 2.01. The van der Waals surface area contributed by atoms with E-state index in [1.807, 2.05) is 0 Å². The molecule has 1 aliphatic heterocycles. The molecule has 1 fully saturated rings. The van der Waals surface area contributed by atoms with Gasteiger partial charge in [0.05, 0.1) is 16.7 Å². The topological polar surface area (TPSA) is 40.5 Å². The number of hydrogen-bond acceptors (Lipinski definition) is 2. The van der Waals surface area contributed by atoms with Gasteiger partial charge in [-0.15, -0.1) is 0 Å². The molecule has 92 valence electrons. The third-order valence-corrected chi connectivity index (χ3v) is 3.00.